The van der Waals surface area contributed by atoms with E-state index in [1.54, 1.807) is 0 Å². The zero-order chi connectivity index (χ0) is 24.7. The molecule has 2 heterocycles. The van der Waals surface area contributed by atoms with Crippen molar-refractivity contribution in [1.82, 2.24) is 0 Å². The van der Waals surface area contributed by atoms with Gasteiger partial charge in [-0.1, -0.05) is 54.6 Å². The Labute approximate surface area is 204 Å². The van der Waals surface area contributed by atoms with Crippen LogP contribution in [0.3, 0.4) is 0 Å². The van der Waals surface area contributed by atoms with Crippen molar-refractivity contribution < 1.29 is 0 Å². The molecule has 0 atom stereocenters. The summed E-state index contributed by atoms with van der Waals surface area (Å²) in [6.07, 6.45) is 0. The number of hydrogen-bond acceptors (Lipinski definition) is 2. The Morgan fingerprint density at radius 2 is 0.794 bits per heavy atom. The monoisotopic (exact) mass is 449 g/mol. The van der Waals surface area contributed by atoms with Gasteiger partial charge in [0.2, 0.25) is 5.69 Å². The van der Waals surface area contributed by atoms with E-state index >= 15 is 0 Å². The van der Waals surface area contributed by atoms with Crippen LogP contribution in [0.1, 0.15) is 77.6 Å². The number of anilines is 2. The van der Waals surface area contributed by atoms with Crippen LogP contribution in [0, 0.1) is 6.57 Å². The van der Waals surface area contributed by atoms with Gasteiger partial charge in [0, 0.05) is 11.4 Å². The second-order valence-electron chi connectivity index (χ2n) is 11.8. The van der Waals surface area contributed by atoms with Crippen LogP contribution >= 0.6 is 0 Å². The minimum Gasteiger partial charge on any atom is -0.362 e. The summed E-state index contributed by atoms with van der Waals surface area (Å²) in [6, 6.07) is 23.8. The van der Waals surface area contributed by atoms with Crippen LogP contribution in [0.15, 0.2) is 66.7 Å². The second kappa shape index (κ2) is 6.89. The molecule has 3 aromatic carbocycles. The summed E-state index contributed by atoms with van der Waals surface area (Å²) in [4.78, 5) is 9.14. The van der Waals surface area contributed by atoms with Gasteiger partial charge in [0.25, 0.3) is 0 Å². The van der Waals surface area contributed by atoms with E-state index in [9.17, 15) is 0 Å². The maximum atomic E-state index is 8.36. The first-order chi connectivity index (χ1) is 15.9. The Morgan fingerprint density at radius 3 is 1.06 bits per heavy atom. The van der Waals surface area contributed by atoms with Gasteiger partial charge in [-0.15, -0.1) is 0 Å². The predicted octanol–water partition coefficient (Wildman–Crippen LogP) is 8.22. The molecular weight excluding hydrogens is 414 g/mol. The molecule has 0 unspecified atom stereocenters. The van der Waals surface area contributed by atoms with Gasteiger partial charge in [-0.25, -0.2) is 4.85 Å². The predicted molar refractivity (Wildman–Crippen MR) is 143 cm³/mol. The molecule has 0 N–H and O–H groups in total. The fraction of sp³-hybridized carbons (Fsp3) is 0.387. The summed E-state index contributed by atoms with van der Waals surface area (Å²) < 4.78 is 0. The standard InChI is InChI=1S/C31H35N3/c1-28(2)21-15-10-11-16-22(21)29(3,4)33(28)25-19-14-20-26(27(25)32-9)34-30(5,6)23-17-12-13-18-24(23)31(34,7)8/h10-20H,1-8H3. The van der Waals surface area contributed by atoms with Crippen LogP contribution in [0.5, 0.6) is 0 Å². The molecule has 3 aromatic rings. The average molecular weight is 450 g/mol. The Hall–Kier alpha value is -3.25. The molecule has 174 valence electrons. The summed E-state index contributed by atoms with van der Waals surface area (Å²) in [5.74, 6) is 0. The second-order valence-corrected chi connectivity index (χ2v) is 11.8. The highest BCUT2D eigenvalue weighted by Gasteiger charge is 2.52. The zero-order valence-electron chi connectivity index (χ0n) is 21.7. The molecule has 0 saturated heterocycles. The van der Waals surface area contributed by atoms with E-state index in [1.165, 1.54) is 22.3 Å². The summed E-state index contributed by atoms with van der Waals surface area (Å²) in [5, 5.41) is 0. The molecule has 0 amide bonds. The van der Waals surface area contributed by atoms with Crippen molar-refractivity contribution in [2.75, 3.05) is 9.80 Å². The van der Waals surface area contributed by atoms with Crippen LogP contribution in [0.2, 0.25) is 0 Å². The molecule has 3 heteroatoms. The lowest BCUT2D eigenvalue weighted by molar-refractivity contribution is 0.399. The van der Waals surface area contributed by atoms with Crippen molar-refractivity contribution in [3.8, 4) is 0 Å². The van der Waals surface area contributed by atoms with Gasteiger partial charge in [-0.2, -0.15) is 0 Å². The van der Waals surface area contributed by atoms with E-state index in [1.807, 2.05) is 0 Å². The molecule has 0 aliphatic carbocycles. The van der Waals surface area contributed by atoms with Crippen LogP contribution in [0.4, 0.5) is 17.1 Å². The van der Waals surface area contributed by atoms with Gasteiger partial charge in [0.15, 0.2) is 0 Å². The zero-order valence-corrected chi connectivity index (χ0v) is 21.7. The van der Waals surface area contributed by atoms with Crippen molar-refractivity contribution in [1.29, 1.82) is 0 Å². The van der Waals surface area contributed by atoms with Crippen molar-refractivity contribution in [3.05, 3.63) is 100 Å². The van der Waals surface area contributed by atoms with E-state index in [0.717, 1.165) is 17.1 Å². The van der Waals surface area contributed by atoms with E-state index in [0.29, 0.717) is 0 Å². The van der Waals surface area contributed by atoms with Crippen molar-refractivity contribution in [2.24, 2.45) is 0 Å². The molecule has 0 aromatic heterocycles. The van der Waals surface area contributed by atoms with Gasteiger partial charge in [-0.3, -0.25) is 0 Å². The number of nitrogens with zero attached hydrogens (tertiary/aromatic N) is 3. The van der Waals surface area contributed by atoms with Crippen LogP contribution < -0.4 is 9.80 Å². The Kier molecular flexibility index (Phi) is 4.57. The van der Waals surface area contributed by atoms with Crippen molar-refractivity contribution in [3.63, 3.8) is 0 Å². The molecule has 0 saturated carbocycles. The largest absolute Gasteiger partial charge is 0.362 e. The lowest BCUT2D eigenvalue weighted by atomic mass is 9.91. The number of rotatable bonds is 2. The fourth-order valence-corrected chi connectivity index (χ4v) is 7.18. The first kappa shape index (κ1) is 22.5. The number of fused-ring (bicyclic) bond motifs is 2. The van der Waals surface area contributed by atoms with Gasteiger partial charge in [0.05, 0.1) is 28.7 Å². The third-order valence-corrected chi connectivity index (χ3v) is 8.31. The minimum absolute atomic E-state index is 0.239. The SMILES string of the molecule is [C-]#[N+]c1c(N2C(C)(C)c3ccccc3C2(C)C)cccc1N1C(C)(C)c2ccccc2C1(C)C. The molecule has 2 aliphatic heterocycles. The van der Waals surface area contributed by atoms with Crippen molar-refractivity contribution in [2.45, 2.75) is 77.5 Å². The van der Waals surface area contributed by atoms with E-state index in [2.05, 4.69) is 137 Å². The third-order valence-electron chi connectivity index (χ3n) is 8.31. The molecule has 0 radical (unpaired) electrons. The highest BCUT2D eigenvalue weighted by molar-refractivity contribution is 5.88. The van der Waals surface area contributed by atoms with Gasteiger partial charge >= 0.3 is 0 Å². The highest BCUT2D eigenvalue weighted by atomic mass is 15.3. The number of benzene rings is 3. The van der Waals surface area contributed by atoms with Crippen molar-refractivity contribution >= 4 is 17.1 Å². The number of hydrogen-bond donors (Lipinski definition) is 0. The highest BCUT2D eigenvalue weighted by Crippen LogP contribution is 2.58. The minimum atomic E-state index is -0.239. The summed E-state index contributed by atoms with van der Waals surface area (Å²) >= 11 is 0. The maximum Gasteiger partial charge on any atom is 0.232 e. The molecule has 5 rings (SSSR count). The van der Waals surface area contributed by atoms with Gasteiger partial charge in [-0.05, 0) is 89.8 Å². The lowest BCUT2D eigenvalue weighted by Crippen LogP contribution is -2.47. The van der Waals surface area contributed by atoms with Gasteiger partial charge in [0.1, 0.15) is 0 Å². The van der Waals surface area contributed by atoms with Crippen LogP contribution in [-0.4, -0.2) is 0 Å². The molecule has 0 spiro atoms. The first-order valence-electron chi connectivity index (χ1n) is 12.2. The van der Waals surface area contributed by atoms with E-state index in [4.69, 9.17) is 6.57 Å². The Balaban J connectivity index is 1.74. The summed E-state index contributed by atoms with van der Waals surface area (Å²) in [6.45, 7) is 26.6. The van der Waals surface area contributed by atoms with Crippen LogP contribution in [0.25, 0.3) is 4.85 Å². The topological polar surface area (TPSA) is 10.8 Å². The molecule has 0 fully saturated rings. The van der Waals surface area contributed by atoms with Gasteiger partial charge < -0.3 is 9.80 Å². The molecule has 3 nitrogen and oxygen atoms in total. The molecule has 0 bridgehead atoms. The number of para-hydroxylation sites is 1. The lowest BCUT2D eigenvalue weighted by Gasteiger charge is -2.47. The first-order valence-corrected chi connectivity index (χ1v) is 12.2. The van der Waals surface area contributed by atoms with E-state index in [-0.39, 0.29) is 22.2 Å². The fourth-order valence-electron chi connectivity index (χ4n) is 7.18. The third kappa shape index (κ3) is 2.69. The molecule has 34 heavy (non-hydrogen) atoms. The summed E-state index contributed by atoms with van der Waals surface area (Å²) in [7, 11) is 0. The van der Waals surface area contributed by atoms with Crippen LogP contribution in [-0.2, 0) is 22.2 Å². The molecule has 2 aliphatic rings. The average Bonchev–Trinajstić information content (AvgIpc) is 3.05. The Morgan fingerprint density at radius 1 is 0.500 bits per heavy atom. The van der Waals surface area contributed by atoms with E-state index < -0.39 is 0 Å². The molecular formula is C31H35N3. The normalized spacial score (nSPS) is 20.6. The maximum absolute atomic E-state index is 8.36. The summed E-state index contributed by atoms with van der Waals surface area (Å²) in [5.41, 5.74) is 7.09. The Bertz CT molecular complexity index is 1170. The quantitative estimate of drug-likeness (QED) is 0.365. The smallest absolute Gasteiger partial charge is 0.232 e.